The maximum absolute atomic E-state index is 12.5. The van der Waals surface area contributed by atoms with Crippen molar-refractivity contribution in [2.45, 2.75) is 45.9 Å². The van der Waals surface area contributed by atoms with E-state index in [1.807, 2.05) is 38.1 Å². The van der Waals surface area contributed by atoms with Gasteiger partial charge in [0.2, 0.25) is 5.91 Å². The summed E-state index contributed by atoms with van der Waals surface area (Å²) in [4.78, 5) is 24.9. The number of amides is 2. The standard InChI is InChI=1S/C22H32N2O4/c1-7-13-27-16(5)21(25)23-19-12-10-9-11-18(19)20(15(3)4)24-22(26)17(6)28-14-8-2/h7-12,15-17,20H,1-2,13-14H2,3-6H3,(H,23,25)(H,24,26)/t16-,17+,20-/m1/s1. The zero-order chi connectivity index (χ0) is 21.1. The molecule has 3 atom stereocenters. The van der Waals surface area contributed by atoms with Crippen LogP contribution in [0.3, 0.4) is 0 Å². The van der Waals surface area contributed by atoms with Crippen molar-refractivity contribution in [1.29, 1.82) is 0 Å². The van der Waals surface area contributed by atoms with Crippen LogP contribution in [0.1, 0.15) is 39.3 Å². The summed E-state index contributed by atoms with van der Waals surface area (Å²) in [6, 6.07) is 7.13. The highest BCUT2D eigenvalue weighted by atomic mass is 16.5. The molecular weight excluding hydrogens is 356 g/mol. The lowest BCUT2D eigenvalue weighted by atomic mass is 9.94. The van der Waals surface area contributed by atoms with Gasteiger partial charge in [-0.3, -0.25) is 9.59 Å². The Morgan fingerprint density at radius 3 is 2.04 bits per heavy atom. The maximum Gasteiger partial charge on any atom is 0.253 e. The van der Waals surface area contributed by atoms with Crippen molar-refractivity contribution in [2.24, 2.45) is 5.92 Å². The Morgan fingerprint density at radius 1 is 0.964 bits per heavy atom. The summed E-state index contributed by atoms with van der Waals surface area (Å²) in [6.45, 7) is 15.2. The fourth-order valence-corrected chi connectivity index (χ4v) is 2.57. The predicted octanol–water partition coefficient (Wildman–Crippen LogP) is 3.62. The Labute approximate surface area is 168 Å². The van der Waals surface area contributed by atoms with Crippen LogP contribution in [0, 0.1) is 5.92 Å². The smallest absolute Gasteiger partial charge is 0.253 e. The molecule has 2 amide bonds. The summed E-state index contributed by atoms with van der Waals surface area (Å²) in [7, 11) is 0. The first kappa shape index (κ1) is 23.6. The van der Waals surface area contributed by atoms with E-state index in [4.69, 9.17) is 9.47 Å². The fraction of sp³-hybridized carbons (Fsp3) is 0.455. The average Bonchev–Trinajstić information content (AvgIpc) is 2.68. The minimum Gasteiger partial charge on any atom is -0.365 e. The highest BCUT2D eigenvalue weighted by molar-refractivity contribution is 5.94. The molecule has 0 heterocycles. The molecule has 0 fully saturated rings. The lowest BCUT2D eigenvalue weighted by molar-refractivity contribution is -0.132. The topological polar surface area (TPSA) is 76.7 Å². The van der Waals surface area contributed by atoms with Gasteiger partial charge in [-0.05, 0) is 31.4 Å². The number of ether oxygens (including phenoxy) is 2. The first-order valence-corrected chi connectivity index (χ1v) is 9.46. The summed E-state index contributed by atoms with van der Waals surface area (Å²) < 4.78 is 10.8. The average molecular weight is 389 g/mol. The van der Waals surface area contributed by atoms with Gasteiger partial charge in [0, 0.05) is 5.69 Å². The van der Waals surface area contributed by atoms with E-state index in [1.165, 1.54) is 0 Å². The van der Waals surface area contributed by atoms with Gasteiger partial charge < -0.3 is 20.1 Å². The lowest BCUT2D eigenvalue weighted by Crippen LogP contribution is -2.39. The Bertz CT molecular complexity index is 672. The van der Waals surface area contributed by atoms with E-state index in [2.05, 4.69) is 23.8 Å². The molecule has 6 nitrogen and oxygen atoms in total. The Morgan fingerprint density at radius 2 is 1.50 bits per heavy atom. The van der Waals surface area contributed by atoms with E-state index in [1.54, 1.807) is 26.0 Å². The molecule has 154 valence electrons. The Hall–Kier alpha value is -2.44. The molecule has 2 N–H and O–H groups in total. The summed E-state index contributed by atoms with van der Waals surface area (Å²) in [5, 5.41) is 5.92. The molecule has 1 aromatic rings. The fourth-order valence-electron chi connectivity index (χ4n) is 2.57. The third-order valence-electron chi connectivity index (χ3n) is 4.18. The summed E-state index contributed by atoms with van der Waals surface area (Å²) in [5.74, 6) is -0.377. The molecule has 0 aliphatic rings. The van der Waals surface area contributed by atoms with Crippen LogP contribution < -0.4 is 10.6 Å². The highest BCUT2D eigenvalue weighted by Gasteiger charge is 2.25. The first-order chi connectivity index (χ1) is 13.3. The van der Waals surface area contributed by atoms with E-state index < -0.39 is 12.2 Å². The highest BCUT2D eigenvalue weighted by Crippen LogP contribution is 2.29. The van der Waals surface area contributed by atoms with Crippen LogP contribution in [0.15, 0.2) is 49.6 Å². The third kappa shape index (κ3) is 7.29. The monoisotopic (exact) mass is 388 g/mol. The predicted molar refractivity (Wildman–Crippen MR) is 112 cm³/mol. The van der Waals surface area contributed by atoms with E-state index in [0.29, 0.717) is 18.9 Å². The quantitative estimate of drug-likeness (QED) is 0.536. The van der Waals surface area contributed by atoms with Crippen LogP contribution in [0.4, 0.5) is 5.69 Å². The number of benzene rings is 1. The molecule has 0 unspecified atom stereocenters. The van der Waals surface area contributed by atoms with Gasteiger partial charge in [0.15, 0.2) is 0 Å². The van der Waals surface area contributed by atoms with E-state index in [0.717, 1.165) is 5.56 Å². The largest absolute Gasteiger partial charge is 0.365 e. The first-order valence-electron chi connectivity index (χ1n) is 9.46. The van der Waals surface area contributed by atoms with Crippen molar-refractivity contribution in [3.63, 3.8) is 0 Å². The van der Waals surface area contributed by atoms with Gasteiger partial charge in [-0.25, -0.2) is 0 Å². The molecule has 1 aromatic carbocycles. The van der Waals surface area contributed by atoms with Crippen molar-refractivity contribution in [2.75, 3.05) is 18.5 Å². The molecular formula is C22H32N2O4. The van der Waals surface area contributed by atoms with Crippen LogP contribution in [0.25, 0.3) is 0 Å². The molecule has 0 bridgehead atoms. The van der Waals surface area contributed by atoms with Crippen molar-refractivity contribution in [3.8, 4) is 0 Å². The number of hydrogen-bond donors (Lipinski definition) is 2. The zero-order valence-corrected chi connectivity index (χ0v) is 17.2. The van der Waals surface area contributed by atoms with Crippen molar-refractivity contribution in [1.82, 2.24) is 5.32 Å². The third-order valence-corrected chi connectivity index (χ3v) is 4.18. The minimum absolute atomic E-state index is 0.100. The Balaban J connectivity index is 2.98. The van der Waals surface area contributed by atoms with Gasteiger partial charge in [0.05, 0.1) is 19.3 Å². The second kappa shape index (κ2) is 12.1. The second-order valence-electron chi connectivity index (χ2n) is 6.84. The number of para-hydroxylation sites is 1. The Kier molecular flexibility index (Phi) is 10.2. The van der Waals surface area contributed by atoms with E-state index in [-0.39, 0.29) is 23.8 Å². The number of hydrogen-bond acceptors (Lipinski definition) is 4. The summed E-state index contributed by atoms with van der Waals surface area (Å²) in [6.07, 6.45) is 1.97. The molecule has 28 heavy (non-hydrogen) atoms. The van der Waals surface area contributed by atoms with Crippen LogP contribution in [0.2, 0.25) is 0 Å². The number of carbonyl (C=O) groups is 2. The van der Waals surface area contributed by atoms with Crippen LogP contribution in [-0.2, 0) is 19.1 Å². The SMILES string of the molecule is C=CCO[C@@H](C)C(=O)N[C@@H](c1ccccc1NC(=O)[C@@H](C)OCC=C)C(C)C. The second-order valence-corrected chi connectivity index (χ2v) is 6.84. The van der Waals surface area contributed by atoms with Gasteiger partial charge in [0.1, 0.15) is 12.2 Å². The lowest BCUT2D eigenvalue weighted by Gasteiger charge is -2.27. The van der Waals surface area contributed by atoms with E-state index >= 15 is 0 Å². The van der Waals surface area contributed by atoms with Gasteiger partial charge in [-0.2, -0.15) is 0 Å². The number of carbonyl (C=O) groups excluding carboxylic acids is 2. The molecule has 0 aromatic heterocycles. The normalized spacial score (nSPS) is 14.0. The number of rotatable bonds is 12. The van der Waals surface area contributed by atoms with Crippen LogP contribution in [-0.4, -0.2) is 37.2 Å². The molecule has 1 rings (SSSR count). The van der Waals surface area contributed by atoms with Crippen LogP contribution in [0.5, 0.6) is 0 Å². The summed E-state index contributed by atoms with van der Waals surface area (Å²) >= 11 is 0. The molecule has 0 saturated heterocycles. The van der Waals surface area contributed by atoms with Crippen molar-refractivity contribution < 1.29 is 19.1 Å². The molecule has 0 aliphatic heterocycles. The van der Waals surface area contributed by atoms with Gasteiger partial charge in [0.25, 0.3) is 5.91 Å². The van der Waals surface area contributed by atoms with E-state index in [9.17, 15) is 9.59 Å². The molecule has 6 heteroatoms. The zero-order valence-electron chi connectivity index (χ0n) is 17.2. The number of anilines is 1. The molecule has 0 aliphatic carbocycles. The molecule has 0 saturated carbocycles. The maximum atomic E-state index is 12.5. The van der Waals surface area contributed by atoms with Gasteiger partial charge in [-0.15, -0.1) is 13.2 Å². The molecule has 0 spiro atoms. The van der Waals surface area contributed by atoms with Gasteiger partial charge in [-0.1, -0.05) is 44.2 Å². The minimum atomic E-state index is -0.620. The van der Waals surface area contributed by atoms with Crippen molar-refractivity contribution >= 4 is 17.5 Å². The molecule has 0 radical (unpaired) electrons. The van der Waals surface area contributed by atoms with Crippen molar-refractivity contribution in [3.05, 3.63) is 55.1 Å². The van der Waals surface area contributed by atoms with Crippen LogP contribution >= 0.6 is 0 Å². The van der Waals surface area contributed by atoms with Gasteiger partial charge >= 0.3 is 0 Å². The summed E-state index contributed by atoms with van der Waals surface area (Å²) in [5.41, 5.74) is 1.46. The number of nitrogens with one attached hydrogen (secondary N) is 2.